The van der Waals surface area contributed by atoms with E-state index in [0.29, 0.717) is 23.5 Å². The van der Waals surface area contributed by atoms with E-state index in [0.717, 1.165) is 27.8 Å². The SMILES string of the molecule is COc1cccc(-c2ccc3ncc(CS(=O)O)c(N(CN(C)C)c4ccccc4)c3c2)c1O. The molecule has 3 aromatic carbocycles. The van der Waals surface area contributed by atoms with Crippen LogP contribution >= 0.6 is 0 Å². The van der Waals surface area contributed by atoms with Gasteiger partial charge < -0.3 is 19.3 Å². The van der Waals surface area contributed by atoms with E-state index < -0.39 is 11.1 Å². The van der Waals surface area contributed by atoms with Crippen LogP contribution in [-0.2, 0) is 16.8 Å². The monoisotopic (exact) mass is 477 g/mol. The molecule has 7 nitrogen and oxygen atoms in total. The fourth-order valence-corrected chi connectivity index (χ4v) is 4.51. The Bertz CT molecular complexity index is 1330. The molecule has 0 fully saturated rings. The van der Waals surface area contributed by atoms with Gasteiger partial charge in [-0.05, 0) is 50.0 Å². The van der Waals surface area contributed by atoms with Crippen molar-refractivity contribution >= 4 is 33.4 Å². The number of rotatable bonds is 8. The van der Waals surface area contributed by atoms with Crippen molar-refractivity contribution in [3.05, 3.63) is 78.5 Å². The number of benzene rings is 3. The normalized spacial score (nSPS) is 12.1. The predicted molar refractivity (Wildman–Crippen MR) is 137 cm³/mol. The molecule has 1 aromatic heterocycles. The smallest absolute Gasteiger partial charge is 0.165 e. The lowest BCUT2D eigenvalue weighted by atomic mass is 9.99. The number of phenols is 1. The molecule has 1 atom stereocenters. The van der Waals surface area contributed by atoms with Crippen molar-refractivity contribution < 1.29 is 18.6 Å². The summed E-state index contributed by atoms with van der Waals surface area (Å²) in [5, 5.41) is 11.5. The summed E-state index contributed by atoms with van der Waals surface area (Å²) in [4.78, 5) is 8.72. The second kappa shape index (κ2) is 10.2. The molecular weight excluding hydrogens is 450 g/mol. The Morgan fingerprint density at radius 3 is 2.47 bits per heavy atom. The van der Waals surface area contributed by atoms with Gasteiger partial charge in [0.25, 0.3) is 0 Å². The summed E-state index contributed by atoms with van der Waals surface area (Å²) in [7, 11) is 5.47. The molecule has 0 spiro atoms. The minimum absolute atomic E-state index is 0.0519. The molecule has 0 saturated heterocycles. The van der Waals surface area contributed by atoms with Gasteiger partial charge in [-0.3, -0.25) is 9.88 Å². The lowest BCUT2D eigenvalue weighted by molar-refractivity contribution is 0.374. The zero-order valence-corrected chi connectivity index (χ0v) is 20.1. The first kappa shape index (κ1) is 23.7. The summed E-state index contributed by atoms with van der Waals surface area (Å²) < 4.78 is 26.9. The van der Waals surface area contributed by atoms with Gasteiger partial charge in [-0.25, -0.2) is 4.21 Å². The van der Waals surface area contributed by atoms with Crippen LogP contribution in [0.25, 0.3) is 22.0 Å². The van der Waals surface area contributed by atoms with E-state index in [9.17, 15) is 13.9 Å². The van der Waals surface area contributed by atoms with Gasteiger partial charge in [0.15, 0.2) is 22.6 Å². The fourth-order valence-electron chi connectivity index (χ4n) is 4.04. The maximum atomic E-state index is 11.8. The number of aromatic hydroxyl groups is 1. The Morgan fingerprint density at radius 2 is 1.79 bits per heavy atom. The van der Waals surface area contributed by atoms with Crippen molar-refractivity contribution in [2.75, 3.05) is 32.8 Å². The number of methoxy groups -OCH3 is 1. The molecule has 0 aliphatic heterocycles. The van der Waals surface area contributed by atoms with E-state index in [1.807, 2.05) is 79.7 Å². The van der Waals surface area contributed by atoms with Gasteiger partial charge in [0.05, 0.1) is 30.7 Å². The molecule has 34 heavy (non-hydrogen) atoms. The van der Waals surface area contributed by atoms with Crippen LogP contribution in [0.1, 0.15) is 5.56 Å². The molecule has 176 valence electrons. The van der Waals surface area contributed by atoms with Crippen molar-refractivity contribution in [1.82, 2.24) is 9.88 Å². The number of phenolic OH excluding ortho intramolecular Hbond substituents is 1. The van der Waals surface area contributed by atoms with Crippen molar-refractivity contribution in [3.8, 4) is 22.6 Å². The Balaban J connectivity index is 2.00. The molecule has 2 N–H and O–H groups in total. The molecule has 4 rings (SSSR count). The lowest BCUT2D eigenvalue weighted by Crippen LogP contribution is -2.30. The maximum absolute atomic E-state index is 11.8. The van der Waals surface area contributed by atoms with Crippen molar-refractivity contribution in [3.63, 3.8) is 0 Å². The Kier molecular flexibility index (Phi) is 7.12. The van der Waals surface area contributed by atoms with Gasteiger partial charge in [0.1, 0.15) is 0 Å². The predicted octanol–water partition coefficient (Wildman–Crippen LogP) is 4.99. The summed E-state index contributed by atoms with van der Waals surface area (Å²) in [5.41, 5.74) is 4.56. The van der Waals surface area contributed by atoms with E-state index >= 15 is 0 Å². The van der Waals surface area contributed by atoms with Gasteiger partial charge in [-0.2, -0.15) is 0 Å². The maximum Gasteiger partial charge on any atom is 0.165 e. The number of hydrogen-bond donors (Lipinski definition) is 2. The number of nitrogens with zero attached hydrogens (tertiary/aromatic N) is 3. The zero-order valence-electron chi connectivity index (χ0n) is 19.3. The number of pyridine rings is 1. The van der Waals surface area contributed by atoms with Gasteiger partial charge in [0, 0.05) is 28.4 Å². The van der Waals surface area contributed by atoms with E-state index in [1.165, 1.54) is 7.11 Å². The van der Waals surface area contributed by atoms with Crippen LogP contribution in [0, 0.1) is 0 Å². The van der Waals surface area contributed by atoms with Crippen molar-refractivity contribution in [2.45, 2.75) is 5.75 Å². The first-order valence-corrected chi connectivity index (χ1v) is 12.0. The average Bonchev–Trinajstić information content (AvgIpc) is 2.82. The first-order valence-electron chi connectivity index (χ1n) is 10.7. The number of fused-ring (bicyclic) bond motifs is 1. The van der Waals surface area contributed by atoms with E-state index in [1.54, 1.807) is 12.3 Å². The third-order valence-electron chi connectivity index (χ3n) is 5.49. The zero-order chi connectivity index (χ0) is 24.2. The summed E-state index contributed by atoms with van der Waals surface area (Å²) in [6, 6.07) is 21.0. The van der Waals surface area contributed by atoms with E-state index in [4.69, 9.17) is 4.74 Å². The summed E-state index contributed by atoms with van der Waals surface area (Å²) >= 11 is -2.04. The highest BCUT2D eigenvalue weighted by atomic mass is 32.2. The highest BCUT2D eigenvalue weighted by Gasteiger charge is 2.21. The number of aromatic nitrogens is 1. The van der Waals surface area contributed by atoms with Crippen molar-refractivity contribution in [2.24, 2.45) is 0 Å². The van der Waals surface area contributed by atoms with Crippen molar-refractivity contribution in [1.29, 1.82) is 0 Å². The topological polar surface area (TPSA) is 86.1 Å². The number of hydrogen-bond acceptors (Lipinski definition) is 6. The first-order chi connectivity index (χ1) is 16.4. The highest BCUT2D eigenvalue weighted by molar-refractivity contribution is 7.78. The third kappa shape index (κ3) is 4.89. The number of anilines is 2. The molecule has 1 heterocycles. The molecule has 0 saturated carbocycles. The Hall–Kier alpha value is -3.46. The van der Waals surface area contributed by atoms with Gasteiger partial charge >= 0.3 is 0 Å². The molecule has 0 aliphatic rings. The third-order valence-corrected chi connectivity index (χ3v) is 6.04. The summed E-state index contributed by atoms with van der Waals surface area (Å²) in [5.74, 6) is 0.391. The van der Waals surface area contributed by atoms with Gasteiger partial charge in [-0.15, -0.1) is 0 Å². The van der Waals surface area contributed by atoms with Gasteiger partial charge in [-0.1, -0.05) is 36.4 Å². The minimum Gasteiger partial charge on any atom is -0.504 e. The molecule has 0 bridgehead atoms. The molecule has 0 aliphatic carbocycles. The van der Waals surface area contributed by atoms with E-state index in [2.05, 4.69) is 9.88 Å². The molecule has 4 aromatic rings. The number of para-hydroxylation sites is 2. The van der Waals surface area contributed by atoms with Gasteiger partial charge in [0.2, 0.25) is 0 Å². The molecule has 0 radical (unpaired) electrons. The average molecular weight is 478 g/mol. The quantitative estimate of drug-likeness (QED) is 0.273. The summed E-state index contributed by atoms with van der Waals surface area (Å²) in [6.45, 7) is 0.544. The fraction of sp³-hybridized carbons (Fsp3) is 0.192. The van der Waals surface area contributed by atoms with Crippen LogP contribution in [0.2, 0.25) is 0 Å². The van der Waals surface area contributed by atoms with Crippen LogP contribution in [-0.4, -0.2) is 51.6 Å². The van der Waals surface area contributed by atoms with Crippen LogP contribution < -0.4 is 9.64 Å². The molecule has 8 heteroatoms. The lowest BCUT2D eigenvalue weighted by Gasteiger charge is -2.31. The largest absolute Gasteiger partial charge is 0.504 e. The highest BCUT2D eigenvalue weighted by Crippen LogP contribution is 2.41. The van der Waals surface area contributed by atoms with Crippen LogP contribution in [0.15, 0.2) is 72.9 Å². The number of ether oxygens (including phenoxy) is 1. The minimum atomic E-state index is -2.04. The summed E-state index contributed by atoms with van der Waals surface area (Å²) in [6.07, 6.45) is 1.67. The second-order valence-corrected chi connectivity index (χ2v) is 9.10. The standard InChI is InChI=1S/C26H27N3O4S/c1-28(2)17-29(20-8-5-4-6-9-20)25-19(16-34(31)32)15-27-23-13-12-18(14-22(23)25)21-10-7-11-24(33-3)26(21)30/h4-15,30H,16-17H2,1-3H3,(H,31,32). The van der Waals surface area contributed by atoms with Crippen LogP contribution in [0.3, 0.4) is 0 Å². The molecule has 0 amide bonds. The van der Waals surface area contributed by atoms with Crippen LogP contribution in [0.5, 0.6) is 11.5 Å². The Labute approximate surface area is 201 Å². The second-order valence-electron chi connectivity index (χ2n) is 8.17. The molecular formula is C26H27N3O4S. The Morgan fingerprint density at radius 1 is 1.03 bits per heavy atom. The van der Waals surface area contributed by atoms with E-state index in [-0.39, 0.29) is 11.5 Å². The van der Waals surface area contributed by atoms with Crippen LogP contribution in [0.4, 0.5) is 11.4 Å². The molecule has 1 unspecified atom stereocenters.